The number of hydrogen-bond acceptors (Lipinski definition) is 3. The van der Waals surface area contributed by atoms with Crippen molar-refractivity contribution in [3.63, 3.8) is 0 Å². The maximum Gasteiger partial charge on any atom is 0.268 e. The van der Waals surface area contributed by atoms with Crippen molar-refractivity contribution in [2.45, 2.75) is 17.9 Å². The Balaban J connectivity index is 1.88. The summed E-state index contributed by atoms with van der Waals surface area (Å²) in [7, 11) is -3.89. The highest BCUT2D eigenvalue weighted by atomic mass is 32.2. The standard InChI is InChI=1S/C17H14F2N2O2S/c18-15-8-12-4-6-21(17(12)9-16(15)19)24(22,23)14-2-1-11-3-5-20-10-13(11)7-14/h1-2,4,6-9,20H,3,5,10H2. The van der Waals surface area contributed by atoms with Gasteiger partial charge in [-0.05, 0) is 48.4 Å². The Morgan fingerprint density at radius 1 is 1.00 bits per heavy atom. The molecule has 0 atom stereocenters. The third-order valence-corrected chi connectivity index (χ3v) is 6.00. The van der Waals surface area contributed by atoms with Crippen LogP contribution in [0.3, 0.4) is 0 Å². The van der Waals surface area contributed by atoms with Crippen molar-refractivity contribution in [2.75, 3.05) is 6.54 Å². The molecule has 1 aliphatic rings. The molecule has 1 aliphatic heterocycles. The normalized spacial score (nSPS) is 14.8. The molecule has 0 amide bonds. The van der Waals surface area contributed by atoms with E-state index in [0.717, 1.165) is 40.2 Å². The van der Waals surface area contributed by atoms with Gasteiger partial charge in [0.05, 0.1) is 10.4 Å². The fourth-order valence-corrected chi connectivity index (χ4v) is 4.44. The largest absolute Gasteiger partial charge is 0.312 e. The lowest BCUT2D eigenvalue weighted by atomic mass is 10.0. The highest BCUT2D eigenvalue weighted by Crippen LogP contribution is 2.26. The smallest absolute Gasteiger partial charge is 0.268 e. The molecule has 0 unspecified atom stereocenters. The number of halogens is 2. The molecule has 0 spiro atoms. The third kappa shape index (κ3) is 2.32. The molecule has 24 heavy (non-hydrogen) atoms. The van der Waals surface area contributed by atoms with Gasteiger partial charge in [0.1, 0.15) is 0 Å². The minimum atomic E-state index is -3.89. The third-order valence-electron chi connectivity index (χ3n) is 4.32. The number of fused-ring (bicyclic) bond motifs is 2. The van der Waals surface area contributed by atoms with Gasteiger partial charge in [0, 0.05) is 24.2 Å². The van der Waals surface area contributed by atoms with E-state index >= 15 is 0 Å². The molecule has 2 aromatic carbocycles. The molecule has 0 bridgehead atoms. The van der Waals surface area contributed by atoms with Gasteiger partial charge in [0.15, 0.2) is 11.6 Å². The first-order valence-electron chi connectivity index (χ1n) is 7.51. The summed E-state index contributed by atoms with van der Waals surface area (Å²) in [5, 5.41) is 3.54. The average Bonchev–Trinajstić information content (AvgIpc) is 2.98. The van der Waals surface area contributed by atoms with Crippen molar-refractivity contribution >= 4 is 20.9 Å². The van der Waals surface area contributed by atoms with Gasteiger partial charge < -0.3 is 5.32 Å². The lowest BCUT2D eigenvalue weighted by Gasteiger charge is -2.18. The highest BCUT2D eigenvalue weighted by molar-refractivity contribution is 7.90. The van der Waals surface area contributed by atoms with Crippen molar-refractivity contribution in [2.24, 2.45) is 0 Å². The summed E-state index contributed by atoms with van der Waals surface area (Å²) in [6.45, 7) is 1.48. The topological polar surface area (TPSA) is 51.1 Å². The summed E-state index contributed by atoms with van der Waals surface area (Å²) < 4.78 is 53.7. The molecular formula is C17H14F2N2O2S. The number of rotatable bonds is 2. The summed E-state index contributed by atoms with van der Waals surface area (Å²) in [5.74, 6) is -2.08. The molecule has 0 fully saturated rings. The molecule has 4 rings (SSSR count). The number of hydrogen-bond donors (Lipinski definition) is 1. The second-order valence-corrected chi connectivity index (χ2v) is 7.61. The second-order valence-electron chi connectivity index (χ2n) is 5.80. The summed E-state index contributed by atoms with van der Waals surface area (Å²) in [6.07, 6.45) is 2.17. The van der Waals surface area contributed by atoms with Crippen LogP contribution >= 0.6 is 0 Å². The molecule has 4 nitrogen and oxygen atoms in total. The quantitative estimate of drug-likeness (QED) is 0.775. The van der Waals surface area contributed by atoms with Crippen LogP contribution < -0.4 is 5.32 Å². The van der Waals surface area contributed by atoms with Crippen LogP contribution in [0.15, 0.2) is 47.5 Å². The number of nitrogens with one attached hydrogen (secondary N) is 1. The fraction of sp³-hybridized carbons (Fsp3) is 0.176. The zero-order valence-electron chi connectivity index (χ0n) is 12.6. The van der Waals surface area contributed by atoms with E-state index < -0.39 is 21.7 Å². The van der Waals surface area contributed by atoms with Crippen molar-refractivity contribution in [1.29, 1.82) is 0 Å². The summed E-state index contributed by atoms with van der Waals surface area (Å²) in [6, 6.07) is 8.37. The van der Waals surface area contributed by atoms with Gasteiger partial charge >= 0.3 is 0 Å². The van der Waals surface area contributed by atoms with E-state index in [2.05, 4.69) is 5.32 Å². The minimum Gasteiger partial charge on any atom is -0.312 e. The zero-order valence-corrected chi connectivity index (χ0v) is 13.4. The average molecular weight is 348 g/mol. The first-order valence-corrected chi connectivity index (χ1v) is 8.95. The number of nitrogens with zero attached hydrogens (tertiary/aromatic N) is 1. The van der Waals surface area contributed by atoms with Gasteiger partial charge in [-0.25, -0.2) is 21.2 Å². The summed E-state index contributed by atoms with van der Waals surface area (Å²) in [5.41, 5.74) is 2.18. The monoisotopic (exact) mass is 348 g/mol. The van der Waals surface area contributed by atoms with E-state index in [4.69, 9.17) is 0 Å². The molecule has 1 aromatic heterocycles. The Kier molecular flexibility index (Phi) is 3.43. The van der Waals surface area contributed by atoms with Crippen LogP contribution in [0.25, 0.3) is 10.9 Å². The first kappa shape index (κ1) is 15.3. The Hall–Kier alpha value is -2.25. The Labute approximate surface area is 137 Å². The van der Waals surface area contributed by atoms with Crippen LogP contribution in [0, 0.1) is 11.6 Å². The fourth-order valence-electron chi connectivity index (χ4n) is 3.04. The molecule has 7 heteroatoms. The van der Waals surface area contributed by atoms with Gasteiger partial charge in [-0.3, -0.25) is 0 Å². The highest BCUT2D eigenvalue weighted by Gasteiger charge is 2.22. The predicted octanol–water partition coefficient (Wildman–Crippen LogP) is 2.80. The molecule has 0 aliphatic carbocycles. The van der Waals surface area contributed by atoms with Crippen LogP contribution in [0.5, 0.6) is 0 Å². The van der Waals surface area contributed by atoms with Gasteiger partial charge in [-0.2, -0.15) is 0 Å². The van der Waals surface area contributed by atoms with Gasteiger partial charge in [0.2, 0.25) is 0 Å². The first-order chi connectivity index (χ1) is 11.5. The molecule has 3 aromatic rings. The van der Waals surface area contributed by atoms with Gasteiger partial charge in [0.25, 0.3) is 10.0 Å². The lowest BCUT2D eigenvalue weighted by molar-refractivity contribution is 0.510. The Morgan fingerprint density at radius 2 is 1.79 bits per heavy atom. The lowest BCUT2D eigenvalue weighted by Crippen LogP contribution is -2.24. The predicted molar refractivity (Wildman–Crippen MR) is 86.3 cm³/mol. The van der Waals surface area contributed by atoms with E-state index in [1.165, 1.54) is 12.3 Å². The summed E-state index contributed by atoms with van der Waals surface area (Å²) >= 11 is 0. The van der Waals surface area contributed by atoms with Crippen LogP contribution in [-0.2, 0) is 23.0 Å². The van der Waals surface area contributed by atoms with Crippen molar-refractivity contribution in [3.05, 3.63) is 65.4 Å². The zero-order chi connectivity index (χ0) is 16.9. The van der Waals surface area contributed by atoms with Crippen LogP contribution in [0.2, 0.25) is 0 Å². The Morgan fingerprint density at radius 3 is 2.62 bits per heavy atom. The van der Waals surface area contributed by atoms with E-state index in [0.29, 0.717) is 11.9 Å². The van der Waals surface area contributed by atoms with Crippen molar-refractivity contribution in [3.8, 4) is 0 Å². The summed E-state index contributed by atoms with van der Waals surface area (Å²) in [4.78, 5) is 0.132. The van der Waals surface area contributed by atoms with Crippen molar-refractivity contribution in [1.82, 2.24) is 9.29 Å². The molecule has 0 saturated carbocycles. The van der Waals surface area contributed by atoms with Gasteiger partial charge in [-0.1, -0.05) is 6.07 Å². The SMILES string of the molecule is O=S(=O)(c1ccc2c(c1)CNCC2)n1ccc2cc(F)c(F)cc21. The molecule has 124 valence electrons. The second kappa shape index (κ2) is 5.39. The van der Waals surface area contributed by atoms with Crippen molar-refractivity contribution < 1.29 is 17.2 Å². The van der Waals surface area contributed by atoms with Gasteiger partial charge in [-0.15, -0.1) is 0 Å². The molecule has 0 radical (unpaired) electrons. The molecular weight excluding hydrogens is 334 g/mol. The molecule has 1 N–H and O–H groups in total. The van der Waals surface area contributed by atoms with Crippen LogP contribution in [-0.4, -0.2) is 18.9 Å². The van der Waals surface area contributed by atoms with E-state index in [1.54, 1.807) is 12.1 Å². The maximum absolute atomic E-state index is 13.5. The minimum absolute atomic E-state index is 0.116. The number of aromatic nitrogens is 1. The van der Waals surface area contributed by atoms with E-state index in [1.807, 2.05) is 6.07 Å². The maximum atomic E-state index is 13.5. The molecule has 0 saturated heterocycles. The van der Waals surface area contributed by atoms with Crippen LogP contribution in [0.4, 0.5) is 8.78 Å². The van der Waals surface area contributed by atoms with E-state index in [9.17, 15) is 17.2 Å². The van der Waals surface area contributed by atoms with Crippen LogP contribution in [0.1, 0.15) is 11.1 Å². The van der Waals surface area contributed by atoms with E-state index in [-0.39, 0.29) is 10.4 Å². The molecule has 2 heterocycles. The Bertz CT molecular complexity index is 1060. The number of benzene rings is 2.